The monoisotopic (exact) mass is 283 g/mol. The number of ether oxygens (including phenoxy) is 2. The third kappa shape index (κ3) is 2.86. The Morgan fingerprint density at radius 3 is 2.62 bits per heavy atom. The first-order valence-electron chi connectivity index (χ1n) is 6.42. The van der Waals surface area contributed by atoms with E-state index in [1.807, 2.05) is 24.3 Å². The molecule has 0 saturated heterocycles. The number of hydrogen-bond acceptors (Lipinski definition) is 5. The molecular weight excluding hydrogens is 270 g/mol. The third-order valence-corrected chi connectivity index (χ3v) is 2.98. The number of carbonyl (C=O) groups is 1. The van der Waals surface area contributed by atoms with Gasteiger partial charge in [-0.3, -0.25) is 0 Å². The largest absolute Gasteiger partial charge is 0.484 e. The van der Waals surface area contributed by atoms with Gasteiger partial charge >= 0.3 is 5.97 Å². The first kappa shape index (κ1) is 13.2. The number of nitrogens with zero attached hydrogens (tertiary/aromatic N) is 1. The summed E-state index contributed by atoms with van der Waals surface area (Å²) in [5, 5.41) is 0. The maximum absolute atomic E-state index is 11.3. The van der Waals surface area contributed by atoms with Crippen LogP contribution in [0.25, 0.3) is 11.1 Å². The molecular formula is C16H13NO4. The van der Waals surface area contributed by atoms with Crippen molar-refractivity contribution < 1.29 is 18.7 Å². The summed E-state index contributed by atoms with van der Waals surface area (Å²) in [5.41, 5.74) is 2.01. The number of methoxy groups -OCH3 is 1. The smallest absolute Gasteiger partial charge is 0.337 e. The minimum absolute atomic E-state index is 0.228. The second kappa shape index (κ2) is 5.66. The summed E-state index contributed by atoms with van der Waals surface area (Å²) >= 11 is 0. The molecule has 0 saturated carbocycles. The Balaban J connectivity index is 1.68. The molecule has 2 aromatic carbocycles. The van der Waals surface area contributed by atoms with Crippen LogP contribution in [0.3, 0.4) is 0 Å². The number of aromatic nitrogens is 1. The summed E-state index contributed by atoms with van der Waals surface area (Å²) in [5.74, 6) is 0.763. The summed E-state index contributed by atoms with van der Waals surface area (Å²) in [6.45, 7) is 0.228. The molecule has 21 heavy (non-hydrogen) atoms. The molecule has 0 radical (unpaired) electrons. The van der Waals surface area contributed by atoms with E-state index in [1.165, 1.54) is 7.11 Å². The van der Waals surface area contributed by atoms with Crippen LogP contribution >= 0.6 is 0 Å². The molecule has 0 aliphatic rings. The molecule has 0 aliphatic heterocycles. The van der Waals surface area contributed by atoms with Crippen LogP contribution in [-0.2, 0) is 11.3 Å². The Morgan fingerprint density at radius 1 is 1.14 bits per heavy atom. The lowest BCUT2D eigenvalue weighted by atomic mass is 10.2. The zero-order valence-corrected chi connectivity index (χ0v) is 11.4. The van der Waals surface area contributed by atoms with Crippen molar-refractivity contribution in [2.45, 2.75) is 6.61 Å². The fourth-order valence-corrected chi connectivity index (χ4v) is 1.93. The van der Waals surface area contributed by atoms with Crippen molar-refractivity contribution >= 4 is 17.1 Å². The van der Waals surface area contributed by atoms with Crippen molar-refractivity contribution in [1.82, 2.24) is 4.98 Å². The number of oxazole rings is 1. The van der Waals surface area contributed by atoms with Crippen LogP contribution in [0, 0.1) is 0 Å². The topological polar surface area (TPSA) is 61.6 Å². The molecule has 0 unspecified atom stereocenters. The standard InChI is InChI=1S/C16H13NO4/c1-19-16(18)11-6-8-12(9-7-11)20-10-15-17-13-4-2-3-5-14(13)21-15/h2-9H,10H2,1H3. The Kier molecular flexibility index (Phi) is 3.55. The van der Waals surface area contributed by atoms with Gasteiger partial charge in [-0.15, -0.1) is 0 Å². The molecule has 0 aliphatic carbocycles. The van der Waals surface area contributed by atoms with Crippen LogP contribution in [0.15, 0.2) is 52.9 Å². The number of rotatable bonds is 4. The van der Waals surface area contributed by atoms with Crippen LogP contribution in [0.5, 0.6) is 5.75 Å². The van der Waals surface area contributed by atoms with Crippen molar-refractivity contribution in [1.29, 1.82) is 0 Å². The normalized spacial score (nSPS) is 10.5. The number of carbonyl (C=O) groups excluding carboxylic acids is 1. The van der Waals surface area contributed by atoms with Gasteiger partial charge in [0.15, 0.2) is 12.2 Å². The van der Waals surface area contributed by atoms with Gasteiger partial charge in [-0.2, -0.15) is 0 Å². The number of fused-ring (bicyclic) bond motifs is 1. The number of para-hydroxylation sites is 2. The molecule has 0 atom stereocenters. The second-order valence-corrected chi connectivity index (χ2v) is 4.38. The maximum atomic E-state index is 11.3. The first-order chi connectivity index (χ1) is 10.3. The first-order valence-corrected chi connectivity index (χ1v) is 6.42. The summed E-state index contributed by atoms with van der Waals surface area (Å²) in [6.07, 6.45) is 0. The predicted octanol–water partition coefficient (Wildman–Crippen LogP) is 3.19. The summed E-state index contributed by atoms with van der Waals surface area (Å²) in [7, 11) is 1.35. The Morgan fingerprint density at radius 2 is 1.90 bits per heavy atom. The highest BCUT2D eigenvalue weighted by atomic mass is 16.5. The molecule has 1 aromatic heterocycles. The van der Waals surface area contributed by atoms with E-state index in [1.54, 1.807) is 24.3 Å². The van der Waals surface area contributed by atoms with E-state index in [2.05, 4.69) is 9.72 Å². The second-order valence-electron chi connectivity index (χ2n) is 4.38. The maximum Gasteiger partial charge on any atom is 0.337 e. The van der Waals surface area contributed by atoms with Crippen LogP contribution in [0.4, 0.5) is 0 Å². The van der Waals surface area contributed by atoms with Crippen LogP contribution in [0.2, 0.25) is 0 Å². The fourth-order valence-electron chi connectivity index (χ4n) is 1.93. The molecule has 1 heterocycles. The minimum atomic E-state index is -0.375. The number of esters is 1. The van der Waals surface area contributed by atoms with Crippen LogP contribution in [0.1, 0.15) is 16.2 Å². The van der Waals surface area contributed by atoms with Gasteiger partial charge in [-0.1, -0.05) is 12.1 Å². The van der Waals surface area contributed by atoms with Crippen molar-refractivity contribution in [2.24, 2.45) is 0 Å². The quantitative estimate of drug-likeness (QED) is 0.688. The molecule has 0 spiro atoms. The molecule has 0 fully saturated rings. The lowest BCUT2D eigenvalue weighted by Gasteiger charge is -2.04. The van der Waals surface area contributed by atoms with E-state index in [0.29, 0.717) is 17.2 Å². The van der Waals surface area contributed by atoms with Crippen molar-refractivity contribution in [3.05, 3.63) is 60.0 Å². The summed E-state index contributed by atoms with van der Waals surface area (Å²) in [4.78, 5) is 15.6. The van der Waals surface area contributed by atoms with Gasteiger partial charge in [0.05, 0.1) is 12.7 Å². The highest BCUT2D eigenvalue weighted by molar-refractivity contribution is 5.89. The van der Waals surface area contributed by atoms with Crippen LogP contribution in [-0.4, -0.2) is 18.1 Å². The van der Waals surface area contributed by atoms with E-state index in [4.69, 9.17) is 9.15 Å². The highest BCUT2D eigenvalue weighted by Crippen LogP contribution is 2.18. The van der Waals surface area contributed by atoms with Crippen molar-refractivity contribution in [3.8, 4) is 5.75 Å². The van der Waals surface area contributed by atoms with E-state index >= 15 is 0 Å². The minimum Gasteiger partial charge on any atom is -0.484 e. The average molecular weight is 283 g/mol. The lowest BCUT2D eigenvalue weighted by molar-refractivity contribution is 0.0600. The van der Waals surface area contributed by atoms with E-state index in [-0.39, 0.29) is 12.6 Å². The Hall–Kier alpha value is -2.82. The van der Waals surface area contributed by atoms with Gasteiger partial charge in [0.2, 0.25) is 5.89 Å². The van der Waals surface area contributed by atoms with Gasteiger partial charge in [0.1, 0.15) is 11.3 Å². The van der Waals surface area contributed by atoms with Crippen molar-refractivity contribution in [2.75, 3.05) is 7.11 Å². The molecule has 0 bridgehead atoms. The molecule has 0 amide bonds. The SMILES string of the molecule is COC(=O)c1ccc(OCc2nc3ccccc3o2)cc1. The highest BCUT2D eigenvalue weighted by Gasteiger charge is 2.07. The molecule has 3 rings (SSSR count). The van der Waals surface area contributed by atoms with E-state index < -0.39 is 0 Å². The Bertz CT molecular complexity index is 728. The Labute approximate surface area is 121 Å². The molecule has 5 nitrogen and oxygen atoms in total. The van der Waals surface area contributed by atoms with E-state index in [0.717, 1.165) is 11.1 Å². The third-order valence-electron chi connectivity index (χ3n) is 2.98. The lowest BCUT2D eigenvalue weighted by Crippen LogP contribution is -2.01. The summed E-state index contributed by atoms with van der Waals surface area (Å²) in [6, 6.07) is 14.2. The zero-order valence-electron chi connectivity index (χ0n) is 11.4. The summed E-state index contributed by atoms with van der Waals surface area (Å²) < 4.78 is 15.8. The molecule has 106 valence electrons. The average Bonchev–Trinajstić information content (AvgIpc) is 2.95. The molecule has 0 N–H and O–H groups in total. The van der Waals surface area contributed by atoms with Gasteiger partial charge in [0.25, 0.3) is 0 Å². The van der Waals surface area contributed by atoms with Gasteiger partial charge in [0, 0.05) is 0 Å². The molecule has 3 aromatic rings. The fraction of sp³-hybridized carbons (Fsp3) is 0.125. The molecule has 5 heteroatoms. The number of benzene rings is 2. The van der Waals surface area contributed by atoms with Crippen LogP contribution < -0.4 is 4.74 Å². The number of hydrogen-bond donors (Lipinski definition) is 0. The predicted molar refractivity (Wildman–Crippen MR) is 76.1 cm³/mol. The van der Waals surface area contributed by atoms with Gasteiger partial charge in [-0.05, 0) is 36.4 Å². The van der Waals surface area contributed by atoms with Gasteiger partial charge < -0.3 is 13.9 Å². The van der Waals surface area contributed by atoms with E-state index in [9.17, 15) is 4.79 Å². The zero-order chi connectivity index (χ0) is 14.7. The van der Waals surface area contributed by atoms with Crippen molar-refractivity contribution in [3.63, 3.8) is 0 Å². The van der Waals surface area contributed by atoms with Gasteiger partial charge in [-0.25, -0.2) is 9.78 Å².